The number of nitrogens with zero attached hydrogens (tertiary/aromatic N) is 6. The van der Waals surface area contributed by atoms with Gasteiger partial charge in [0.25, 0.3) is 5.69 Å². The second-order valence-corrected chi connectivity index (χ2v) is 7.33. The molecule has 0 bridgehead atoms. The third-order valence-electron chi connectivity index (χ3n) is 4.99. The highest BCUT2D eigenvalue weighted by Crippen LogP contribution is 2.33. The summed E-state index contributed by atoms with van der Waals surface area (Å²) in [6, 6.07) is 5.48. The third-order valence-corrected chi connectivity index (χ3v) is 5.27. The maximum atomic E-state index is 12.8. The second-order valence-electron chi connectivity index (χ2n) is 6.92. The highest BCUT2D eigenvalue weighted by molar-refractivity contribution is 6.33. The second kappa shape index (κ2) is 7.73. The zero-order valence-corrected chi connectivity index (χ0v) is 16.3. The van der Waals surface area contributed by atoms with Crippen LogP contribution >= 0.6 is 11.6 Å². The van der Waals surface area contributed by atoms with Crippen molar-refractivity contribution in [1.82, 2.24) is 19.7 Å². The van der Waals surface area contributed by atoms with Crippen molar-refractivity contribution in [2.24, 2.45) is 0 Å². The Morgan fingerprint density at radius 3 is 2.50 bits per heavy atom. The topological polar surface area (TPSA) is 80.3 Å². The number of alkyl halides is 3. The van der Waals surface area contributed by atoms with Gasteiger partial charge in [0, 0.05) is 49.9 Å². The first-order valence-electron chi connectivity index (χ1n) is 9.02. The standard InChI is InChI=1S/C18H16ClF3N6O2/c19-15-7-13(18(20,21)22)10-23-17(15)26-5-3-25(4-6-26)11-27-16-8-14(28(29)30)2-1-12(16)9-24-27/h1-2,7-10H,3-6,11H2. The average molecular weight is 441 g/mol. The third kappa shape index (κ3) is 4.03. The molecule has 158 valence electrons. The number of nitro benzene ring substituents is 1. The van der Waals surface area contributed by atoms with Crippen LogP contribution in [0.5, 0.6) is 0 Å². The average Bonchev–Trinajstić information content (AvgIpc) is 3.10. The van der Waals surface area contributed by atoms with Crippen LogP contribution in [0.1, 0.15) is 5.56 Å². The highest BCUT2D eigenvalue weighted by Gasteiger charge is 2.32. The monoisotopic (exact) mass is 440 g/mol. The maximum absolute atomic E-state index is 12.8. The lowest BCUT2D eigenvalue weighted by Gasteiger charge is -2.35. The van der Waals surface area contributed by atoms with Crippen LogP contribution < -0.4 is 4.90 Å². The lowest BCUT2D eigenvalue weighted by molar-refractivity contribution is -0.384. The molecule has 0 aliphatic carbocycles. The Bertz CT molecular complexity index is 1100. The molecule has 0 saturated carbocycles. The van der Waals surface area contributed by atoms with Crippen LogP contribution in [0.25, 0.3) is 10.9 Å². The van der Waals surface area contributed by atoms with Crippen molar-refractivity contribution in [3.8, 4) is 0 Å². The summed E-state index contributed by atoms with van der Waals surface area (Å²) in [5, 5.41) is 16.1. The van der Waals surface area contributed by atoms with Crippen LogP contribution in [0.3, 0.4) is 0 Å². The Balaban J connectivity index is 1.44. The van der Waals surface area contributed by atoms with Crippen LogP contribution in [0, 0.1) is 10.1 Å². The molecule has 1 aliphatic heterocycles. The zero-order valence-electron chi connectivity index (χ0n) is 15.5. The van der Waals surface area contributed by atoms with E-state index in [1.54, 1.807) is 16.9 Å². The van der Waals surface area contributed by atoms with E-state index in [9.17, 15) is 23.3 Å². The van der Waals surface area contributed by atoms with E-state index in [2.05, 4.69) is 15.0 Å². The van der Waals surface area contributed by atoms with Crippen molar-refractivity contribution >= 4 is 34.0 Å². The molecule has 0 atom stereocenters. The molecule has 0 N–H and O–H groups in total. The molecule has 3 heterocycles. The molecule has 8 nitrogen and oxygen atoms in total. The molecule has 30 heavy (non-hydrogen) atoms. The van der Waals surface area contributed by atoms with E-state index in [-0.39, 0.29) is 10.7 Å². The number of pyridine rings is 1. The number of rotatable bonds is 4. The van der Waals surface area contributed by atoms with E-state index < -0.39 is 16.7 Å². The van der Waals surface area contributed by atoms with Crippen LogP contribution in [0.2, 0.25) is 5.02 Å². The van der Waals surface area contributed by atoms with Gasteiger partial charge in [0.2, 0.25) is 0 Å². The van der Waals surface area contributed by atoms with Gasteiger partial charge in [0.05, 0.1) is 33.9 Å². The number of non-ortho nitro benzene ring substituents is 1. The van der Waals surface area contributed by atoms with E-state index in [0.717, 1.165) is 17.6 Å². The van der Waals surface area contributed by atoms with Gasteiger partial charge in [0.1, 0.15) is 5.82 Å². The van der Waals surface area contributed by atoms with Gasteiger partial charge in [-0.15, -0.1) is 0 Å². The quantitative estimate of drug-likeness (QED) is 0.453. The van der Waals surface area contributed by atoms with Gasteiger partial charge in [0.15, 0.2) is 0 Å². The first kappa shape index (κ1) is 20.4. The molecular formula is C18H16ClF3N6O2. The Hall–Kier alpha value is -2.92. The van der Waals surface area contributed by atoms with Crippen molar-refractivity contribution < 1.29 is 18.1 Å². The molecule has 2 aromatic heterocycles. The minimum Gasteiger partial charge on any atom is -0.353 e. The number of aromatic nitrogens is 3. The molecule has 1 aromatic carbocycles. The predicted molar refractivity (Wildman–Crippen MR) is 104 cm³/mol. The van der Waals surface area contributed by atoms with Gasteiger partial charge in [-0.3, -0.25) is 19.7 Å². The van der Waals surface area contributed by atoms with Gasteiger partial charge < -0.3 is 4.90 Å². The lowest BCUT2D eigenvalue weighted by Crippen LogP contribution is -2.47. The van der Waals surface area contributed by atoms with E-state index >= 15 is 0 Å². The first-order valence-corrected chi connectivity index (χ1v) is 9.40. The Morgan fingerprint density at radius 2 is 1.87 bits per heavy atom. The summed E-state index contributed by atoms with van der Waals surface area (Å²) in [5.74, 6) is 0.324. The lowest BCUT2D eigenvalue weighted by atomic mass is 10.2. The molecular weight excluding hydrogens is 425 g/mol. The molecule has 1 aliphatic rings. The van der Waals surface area contributed by atoms with E-state index in [4.69, 9.17) is 11.6 Å². The summed E-state index contributed by atoms with van der Waals surface area (Å²) >= 11 is 6.04. The van der Waals surface area contributed by atoms with Crippen LogP contribution in [0.4, 0.5) is 24.7 Å². The van der Waals surface area contributed by atoms with Crippen molar-refractivity contribution in [1.29, 1.82) is 0 Å². The van der Waals surface area contributed by atoms with E-state index in [1.807, 2.05) is 4.90 Å². The fraction of sp³-hybridized carbons (Fsp3) is 0.333. The van der Waals surface area contributed by atoms with Gasteiger partial charge in [-0.05, 0) is 12.1 Å². The largest absolute Gasteiger partial charge is 0.417 e. The van der Waals surface area contributed by atoms with Crippen molar-refractivity contribution in [3.63, 3.8) is 0 Å². The highest BCUT2D eigenvalue weighted by atomic mass is 35.5. The number of benzene rings is 1. The molecule has 4 rings (SSSR count). The van der Waals surface area contributed by atoms with Crippen LogP contribution in [0.15, 0.2) is 36.7 Å². The fourth-order valence-electron chi connectivity index (χ4n) is 3.39. The maximum Gasteiger partial charge on any atom is 0.417 e. The van der Waals surface area contributed by atoms with Gasteiger partial charge in [-0.1, -0.05) is 11.6 Å². The van der Waals surface area contributed by atoms with Crippen molar-refractivity contribution in [2.75, 3.05) is 31.1 Å². The van der Waals surface area contributed by atoms with Gasteiger partial charge >= 0.3 is 6.18 Å². The summed E-state index contributed by atoms with van der Waals surface area (Å²) in [5.41, 5.74) is -0.217. The first-order chi connectivity index (χ1) is 14.2. The molecule has 1 saturated heterocycles. The molecule has 3 aromatic rings. The number of hydrogen-bond donors (Lipinski definition) is 0. The number of halogens is 4. The summed E-state index contributed by atoms with van der Waals surface area (Å²) in [4.78, 5) is 18.4. The smallest absolute Gasteiger partial charge is 0.353 e. The van der Waals surface area contributed by atoms with Gasteiger partial charge in [-0.2, -0.15) is 18.3 Å². The van der Waals surface area contributed by atoms with E-state index in [1.165, 1.54) is 12.1 Å². The fourth-order valence-corrected chi connectivity index (χ4v) is 3.68. The summed E-state index contributed by atoms with van der Waals surface area (Å²) in [6.45, 7) is 2.70. The van der Waals surface area contributed by atoms with Gasteiger partial charge in [-0.25, -0.2) is 4.98 Å². The molecule has 0 radical (unpaired) electrons. The number of hydrogen-bond acceptors (Lipinski definition) is 6. The molecule has 0 amide bonds. The summed E-state index contributed by atoms with van der Waals surface area (Å²) in [7, 11) is 0. The number of fused-ring (bicyclic) bond motifs is 1. The number of nitro groups is 1. The molecule has 0 spiro atoms. The summed E-state index contributed by atoms with van der Waals surface area (Å²) in [6.07, 6.45) is -2.05. The Morgan fingerprint density at radius 1 is 1.13 bits per heavy atom. The van der Waals surface area contributed by atoms with Crippen LogP contribution in [-0.2, 0) is 12.8 Å². The normalized spacial score (nSPS) is 15.7. The minimum absolute atomic E-state index is 0.00270. The predicted octanol–water partition coefficient (Wildman–Crippen LogP) is 3.79. The molecule has 1 fully saturated rings. The molecule has 12 heteroatoms. The van der Waals surface area contributed by atoms with Crippen molar-refractivity contribution in [3.05, 3.63) is 57.4 Å². The summed E-state index contributed by atoms with van der Waals surface area (Å²) < 4.78 is 40.1. The Labute approximate surface area is 173 Å². The van der Waals surface area contributed by atoms with Crippen LogP contribution in [-0.4, -0.2) is 50.8 Å². The SMILES string of the molecule is O=[N+]([O-])c1ccc2cnn(CN3CCN(c4ncc(C(F)(F)F)cc4Cl)CC3)c2c1. The zero-order chi connectivity index (χ0) is 21.5. The molecule has 0 unspecified atom stereocenters. The number of anilines is 1. The minimum atomic E-state index is -4.49. The number of piperazine rings is 1. The Kier molecular flexibility index (Phi) is 5.24. The van der Waals surface area contributed by atoms with E-state index in [0.29, 0.717) is 44.2 Å². The van der Waals surface area contributed by atoms with Crippen molar-refractivity contribution in [2.45, 2.75) is 12.8 Å².